The third-order valence-electron chi connectivity index (χ3n) is 3.64. The average Bonchev–Trinajstić information content (AvgIpc) is 2.54. The lowest BCUT2D eigenvalue weighted by Gasteiger charge is -2.17. The summed E-state index contributed by atoms with van der Waals surface area (Å²) in [5, 5.41) is 0. The molecule has 3 rings (SSSR count). The van der Waals surface area contributed by atoms with E-state index in [-0.39, 0.29) is 0 Å². The number of rotatable bonds is 3. The van der Waals surface area contributed by atoms with Crippen LogP contribution in [0.5, 0.6) is 0 Å². The maximum atomic E-state index is 12.5. The Hall–Kier alpha value is -2.51. The number of hydrogen-bond acceptors (Lipinski definition) is 2. The maximum absolute atomic E-state index is 12.5. The van der Waals surface area contributed by atoms with Gasteiger partial charge in [0.2, 0.25) is 0 Å². The second kappa shape index (κ2) is 5.70. The Morgan fingerprint density at radius 1 is 1.05 bits per heavy atom. The van der Waals surface area contributed by atoms with Crippen LogP contribution >= 0.6 is 0 Å². The Morgan fingerprint density at radius 3 is 2.68 bits per heavy atom. The van der Waals surface area contributed by atoms with E-state index in [1.54, 1.807) is 30.3 Å². The first-order valence-electron chi connectivity index (χ1n) is 6.96. The highest BCUT2D eigenvalue weighted by Gasteiger charge is 2.21. The van der Waals surface area contributed by atoms with Crippen LogP contribution in [-0.4, -0.2) is 8.42 Å². The van der Waals surface area contributed by atoms with E-state index < -0.39 is 10.0 Å². The number of nitrogens with one attached hydrogen (secondary N) is 1. The Labute approximate surface area is 130 Å². The molecule has 0 aromatic heterocycles. The molecule has 1 N–H and O–H groups in total. The highest BCUT2D eigenvalue weighted by atomic mass is 32.2. The first-order valence-corrected chi connectivity index (χ1v) is 8.45. The fourth-order valence-electron chi connectivity index (χ4n) is 2.51. The first-order chi connectivity index (χ1) is 10.6. The minimum atomic E-state index is -3.56. The number of fused-ring (bicyclic) bond motifs is 1. The van der Waals surface area contributed by atoms with Crippen molar-refractivity contribution >= 4 is 21.8 Å². The molecule has 0 fully saturated rings. The Kier molecular flexibility index (Phi) is 3.74. The van der Waals surface area contributed by atoms with Crippen molar-refractivity contribution < 1.29 is 8.42 Å². The lowest BCUT2D eigenvalue weighted by Crippen LogP contribution is -2.17. The summed E-state index contributed by atoms with van der Waals surface area (Å²) in [5.74, 6) is 2.50. The van der Waals surface area contributed by atoms with Crippen molar-refractivity contribution in [3.8, 4) is 12.3 Å². The second-order valence-electron chi connectivity index (χ2n) is 5.14. The van der Waals surface area contributed by atoms with Gasteiger partial charge < -0.3 is 0 Å². The molecule has 0 saturated heterocycles. The summed E-state index contributed by atoms with van der Waals surface area (Å²) in [7, 11) is -3.56. The molecule has 0 unspecified atom stereocenters. The highest BCUT2D eigenvalue weighted by Crippen LogP contribution is 2.28. The zero-order chi connectivity index (χ0) is 15.6. The first kappa shape index (κ1) is 14.4. The van der Waals surface area contributed by atoms with Crippen LogP contribution in [0.1, 0.15) is 23.1 Å². The van der Waals surface area contributed by atoms with Crippen LogP contribution in [0.2, 0.25) is 0 Å². The Morgan fingerprint density at radius 2 is 1.86 bits per heavy atom. The van der Waals surface area contributed by atoms with E-state index in [2.05, 4.69) is 10.6 Å². The number of sulfonamides is 1. The number of hydrogen-bond donors (Lipinski definition) is 1. The number of aryl methyl sites for hydroxylation is 1. The number of anilines is 1. The van der Waals surface area contributed by atoms with Crippen LogP contribution in [0, 0.1) is 12.3 Å². The van der Waals surface area contributed by atoms with Gasteiger partial charge in [0, 0.05) is 5.56 Å². The van der Waals surface area contributed by atoms with Gasteiger partial charge in [-0.05, 0) is 48.2 Å². The van der Waals surface area contributed by atoms with E-state index in [9.17, 15) is 8.42 Å². The van der Waals surface area contributed by atoms with Crippen molar-refractivity contribution in [2.24, 2.45) is 0 Å². The van der Waals surface area contributed by atoms with Gasteiger partial charge in [0.1, 0.15) is 0 Å². The molecule has 0 bridgehead atoms. The predicted octanol–water partition coefficient (Wildman–Crippen LogP) is 3.40. The zero-order valence-corrected chi connectivity index (χ0v) is 12.7. The molecule has 2 aromatic carbocycles. The van der Waals surface area contributed by atoms with Gasteiger partial charge in [-0.3, -0.25) is 4.72 Å². The van der Waals surface area contributed by atoms with Gasteiger partial charge in [0.25, 0.3) is 10.0 Å². The van der Waals surface area contributed by atoms with E-state index in [1.807, 2.05) is 24.3 Å². The molecule has 2 aromatic rings. The van der Waals surface area contributed by atoms with Crippen molar-refractivity contribution in [3.63, 3.8) is 0 Å². The Balaban J connectivity index is 1.91. The van der Waals surface area contributed by atoms with Crippen LogP contribution < -0.4 is 4.72 Å². The van der Waals surface area contributed by atoms with Crippen molar-refractivity contribution in [3.05, 3.63) is 70.1 Å². The molecule has 0 heterocycles. The molecular weight excluding hydrogens is 294 g/mol. The van der Waals surface area contributed by atoms with Crippen molar-refractivity contribution in [1.29, 1.82) is 0 Å². The smallest absolute Gasteiger partial charge is 0.258 e. The Bertz CT molecular complexity index is 889. The van der Waals surface area contributed by atoms with E-state index in [0.29, 0.717) is 22.6 Å². The molecule has 0 spiro atoms. The molecule has 0 radical (unpaired) electrons. The van der Waals surface area contributed by atoms with Crippen molar-refractivity contribution in [1.82, 2.24) is 0 Å². The second-order valence-corrected chi connectivity index (χ2v) is 6.88. The van der Waals surface area contributed by atoms with Gasteiger partial charge in [-0.15, -0.1) is 6.42 Å². The lowest BCUT2D eigenvalue weighted by atomic mass is 9.98. The minimum absolute atomic E-state index is 0.400. The SMILES string of the molecule is C#Cc1cccc(NS(=O)(=O)C2=Cc3ccccc3CC2)c1. The fourth-order valence-corrected chi connectivity index (χ4v) is 3.73. The van der Waals surface area contributed by atoms with Crippen LogP contribution in [-0.2, 0) is 16.4 Å². The summed E-state index contributed by atoms with van der Waals surface area (Å²) in [6, 6.07) is 14.7. The van der Waals surface area contributed by atoms with E-state index in [4.69, 9.17) is 6.42 Å². The monoisotopic (exact) mass is 309 g/mol. The standard InChI is InChI=1S/C18H15NO2S/c1-2-14-6-5-9-17(12-14)19-22(20,21)18-11-10-15-7-3-4-8-16(15)13-18/h1,3-9,12-13,19H,10-11H2. The highest BCUT2D eigenvalue weighted by molar-refractivity contribution is 7.96. The molecule has 22 heavy (non-hydrogen) atoms. The van der Waals surface area contributed by atoms with Crippen LogP contribution in [0.4, 0.5) is 5.69 Å². The quantitative estimate of drug-likeness (QED) is 0.883. The molecule has 0 atom stereocenters. The number of benzene rings is 2. The number of terminal acetylenes is 1. The summed E-state index contributed by atoms with van der Waals surface area (Å²) in [6.45, 7) is 0. The summed E-state index contributed by atoms with van der Waals surface area (Å²) < 4.78 is 27.7. The molecule has 110 valence electrons. The average molecular weight is 309 g/mol. The summed E-state index contributed by atoms with van der Waals surface area (Å²) >= 11 is 0. The number of allylic oxidation sites excluding steroid dienone is 1. The van der Waals surface area contributed by atoms with Crippen molar-refractivity contribution in [2.45, 2.75) is 12.8 Å². The molecule has 1 aliphatic rings. The third-order valence-corrected chi connectivity index (χ3v) is 5.16. The van der Waals surface area contributed by atoms with Gasteiger partial charge in [-0.25, -0.2) is 8.42 Å². The zero-order valence-electron chi connectivity index (χ0n) is 11.9. The van der Waals surface area contributed by atoms with Crippen molar-refractivity contribution in [2.75, 3.05) is 4.72 Å². The van der Waals surface area contributed by atoms with Gasteiger partial charge in [-0.1, -0.05) is 36.3 Å². The largest absolute Gasteiger partial charge is 0.280 e. The molecular formula is C18H15NO2S. The molecule has 0 saturated carbocycles. The normalized spacial score (nSPS) is 13.7. The molecule has 0 amide bonds. The summed E-state index contributed by atoms with van der Waals surface area (Å²) in [4.78, 5) is 0.400. The topological polar surface area (TPSA) is 46.2 Å². The molecule has 0 aliphatic heterocycles. The van der Waals surface area contributed by atoms with Gasteiger partial charge in [-0.2, -0.15) is 0 Å². The summed E-state index contributed by atoms with van der Waals surface area (Å²) in [5.41, 5.74) is 3.26. The maximum Gasteiger partial charge on any atom is 0.258 e. The summed E-state index contributed by atoms with van der Waals surface area (Å²) in [6.07, 6.45) is 8.31. The van der Waals surface area contributed by atoms with Gasteiger partial charge in [0.15, 0.2) is 0 Å². The lowest BCUT2D eigenvalue weighted by molar-refractivity contribution is 0.605. The van der Waals surface area contributed by atoms with Gasteiger partial charge >= 0.3 is 0 Å². The minimum Gasteiger partial charge on any atom is -0.280 e. The fraction of sp³-hybridized carbons (Fsp3) is 0.111. The van der Waals surface area contributed by atoms with E-state index >= 15 is 0 Å². The third kappa shape index (κ3) is 2.90. The van der Waals surface area contributed by atoms with E-state index in [1.165, 1.54) is 5.56 Å². The van der Waals surface area contributed by atoms with E-state index in [0.717, 1.165) is 12.0 Å². The van der Waals surface area contributed by atoms with Crippen LogP contribution in [0.15, 0.2) is 53.4 Å². The van der Waals surface area contributed by atoms with Gasteiger partial charge in [0.05, 0.1) is 10.6 Å². The molecule has 4 heteroatoms. The molecule has 1 aliphatic carbocycles. The predicted molar refractivity (Wildman–Crippen MR) is 89.7 cm³/mol. The van der Waals surface area contributed by atoms with Crippen LogP contribution in [0.3, 0.4) is 0 Å². The molecule has 3 nitrogen and oxygen atoms in total. The van der Waals surface area contributed by atoms with Crippen LogP contribution in [0.25, 0.3) is 6.08 Å².